The quantitative estimate of drug-likeness (QED) is 0.586. The third kappa shape index (κ3) is 2.04. The van der Waals surface area contributed by atoms with Gasteiger partial charge in [-0.05, 0) is 18.4 Å². The number of benzene rings is 1. The van der Waals surface area contributed by atoms with Crippen LogP contribution in [0.4, 0.5) is 5.82 Å². The second-order valence-electron chi connectivity index (χ2n) is 3.94. The van der Waals surface area contributed by atoms with Gasteiger partial charge in [-0.3, -0.25) is 0 Å². The highest BCUT2D eigenvalue weighted by atomic mass is 32.2. The van der Waals surface area contributed by atoms with Gasteiger partial charge < -0.3 is 5.32 Å². The van der Waals surface area contributed by atoms with Crippen molar-refractivity contribution in [3.05, 3.63) is 36.5 Å². The molecule has 6 heteroatoms. The van der Waals surface area contributed by atoms with Gasteiger partial charge in [-0.25, -0.2) is 14.6 Å². The molecule has 1 N–H and O–H groups in total. The SMILES string of the molecule is CNc1nc(SC)nc2c1cnn2-c1ccccc1. The summed E-state index contributed by atoms with van der Waals surface area (Å²) in [5, 5.41) is 9.16. The lowest BCUT2D eigenvalue weighted by Gasteiger charge is -2.05. The van der Waals surface area contributed by atoms with E-state index in [2.05, 4.69) is 20.4 Å². The monoisotopic (exact) mass is 271 g/mol. The zero-order valence-electron chi connectivity index (χ0n) is 10.7. The van der Waals surface area contributed by atoms with E-state index in [9.17, 15) is 0 Å². The van der Waals surface area contributed by atoms with E-state index in [4.69, 9.17) is 0 Å². The molecule has 0 bridgehead atoms. The van der Waals surface area contributed by atoms with Gasteiger partial charge in [0.1, 0.15) is 5.82 Å². The molecule has 19 heavy (non-hydrogen) atoms. The molecule has 5 nitrogen and oxygen atoms in total. The van der Waals surface area contributed by atoms with Crippen molar-refractivity contribution in [2.24, 2.45) is 0 Å². The van der Waals surface area contributed by atoms with Crippen LogP contribution in [-0.4, -0.2) is 33.1 Å². The summed E-state index contributed by atoms with van der Waals surface area (Å²) >= 11 is 1.52. The van der Waals surface area contributed by atoms with Gasteiger partial charge in [-0.1, -0.05) is 30.0 Å². The summed E-state index contributed by atoms with van der Waals surface area (Å²) in [4.78, 5) is 8.98. The third-order valence-electron chi connectivity index (χ3n) is 2.83. The third-order valence-corrected chi connectivity index (χ3v) is 3.38. The van der Waals surface area contributed by atoms with Crippen LogP contribution in [0, 0.1) is 0 Å². The molecular formula is C13H13N5S. The molecule has 0 aliphatic rings. The minimum Gasteiger partial charge on any atom is -0.372 e. The van der Waals surface area contributed by atoms with Crippen LogP contribution >= 0.6 is 11.8 Å². The Morgan fingerprint density at radius 1 is 1.16 bits per heavy atom. The Morgan fingerprint density at radius 3 is 2.63 bits per heavy atom. The fourth-order valence-corrected chi connectivity index (χ4v) is 2.29. The highest BCUT2D eigenvalue weighted by Gasteiger charge is 2.12. The van der Waals surface area contributed by atoms with Gasteiger partial charge in [-0.15, -0.1) is 0 Å². The molecule has 0 aliphatic heterocycles. The first-order valence-electron chi connectivity index (χ1n) is 5.86. The van der Waals surface area contributed by atoms with Crippen molar-refractivity contribution in [3.8, 4) is 5.69 Å². The number of nitrogens with zero attached hydrogens (tertiary/aromatic N) is 4. The molecule has 1 aromatic carbocycles. The maximum absolute atomic E-state index is 4.55. The minimum atomic E-state index is 0.731. The molecule has 0 unspecified atom stereocenters. The van der Waals surface area contributed by atoms with Crippen molar-refractivity contribution in [3.63, 3.8) is 0 Å². The number of nitrogens with one attached hydrogen (secondary N) is 1. The lowest BCUT2D eigenvalue weighted by Crippen LogP contribution is -2.01. The number of hydrogen-bond acceptors (Lipinski definition) is 5. The summed E-state index contributed by atoms with van der Waals surface area (Å²) < 4.78 is 1.83. The van der Waals surface area contributed by atoms with Crippen molar-refractivity contribution < 1.29 is 0 Å². The van der Waals surface area contributed by atoms with Gasteiger partial charge in [0, 0.05) is 7.05 Å². The number of fused-ring (bicyclic) bond motifs is 1. The second kappa shape index (κ2) is 4.89. The average molecular weight is 271 g/mol. The first kappa shape index (κ1) is 12.0. The van der Waals surface area contributed by atoms with Gasteiger partial charge in [0.05, 0.1) is 17.3 Å². The highest BCUT2D eigenvalue weighted by molar-refractivity contribution is 7.98. The zero-order chi connectivity index (χ0) is 13.2. The Morgan fingerprint density at radius 2 is 1.95 bits per heavy atom. The molecular weight excluding hydrogens is 258 g/mol. The second-order valence-corrected chi connectivity index (χ2v) is 4.71. The molecule has 0 saturated carbocycles. The van der Waals surface area contributed by atoms with Crippen LogP contribution in [0.15, 0.2) is 41.7 Å². The minimum absolute atomic E-state index is 0.731. The van der Waals surface area contributed by atoms with Crippen molar-refractivity contribution in [2.45, 2.75) is 5.16 Å². The lowest BCUT2D eigenvalue weighted by atomic mass is 10.3. The summed E-state index contributed by atoms with van der Waals surface area (Å²) in [6, 6.07) is 9.96. The summed E-state index contributed by atoms with van der Waals surface area (Å²) in [6.07, 6.45) is 3.75. The Kier molecular flexibility index (Phi) is 3.08. The first-order valence-corrected chi connectivity index (χ1v) is 7.09. The lowest BCUT2D eigenvalue weighted by molar-refractivity contribution is 0.878. The van der Waals surface area contributed by atoms with E-state index in [-0.39, 0.29) is 0 Å². The molecule has 0 radical (unpaired) electrons. The van der Waals surface area contributed by atoms with E-state index in [0.29, 0.717) is 0 Å². The van der Waals surface area contributed by atoms with E-state index >= 15 is 0 Å². The number of hydrogen-bond donors (Lipinski definition) is 1. The van der Waals surface area contributed by atoms with Crippen LogP contribution in [0.5, 0.6) is 0 Å². The fraction of sp³-hybridized carbons (Fsp3) is 0.154. The molecule has 3 aromatic rings. The summed E-state index contributed by atoms with van der Waals surface area (Å²) in [5.74, 6) is 0.802. The summed E-state index contributed by atoms with van der Waals surface area (Å²) in [7, 11) is 1.85. The number of aromatic nitrogens is 4. The van der Waals surface area contributed by atoms with E-state index < -0.39 is 0 Å². The van der Waals surface area contributed by atoms with Crippen molar-refractivity contribution in [2.75, 3.05) is 18.6 Å². The standard InChI is InChI=1S/C13H13N5S/c1-14-11-10-8-15-18(9-6-4-3-5-7-9)12(10)17-13(16-11)19-2/h3-8H,1-2H3,(H,14,16,17). The molecule has 0 aliphatic carbocycles. The van der Waals surface area contributed by atoms with Crippen LogP contribution in [0.1, 0.15) is 0 Å². The molecule has 0 amide bonds. The van der Waals surface area contributed by atoms with Crippen molar-refractivity contribution >= 4 is 28.6 Å². The highest BCUT2D eigenvalue weighted by Crippen LogP contribution is 2.24. The van der Waals surface area contributed by atoms with Crippen LogP contribution in [0.2, 0.25) is 0 Å². The Hall–Kier alpha value is -2.08. The average Bonchev–Trinajstić information content (AvgIpc) is 2.90. The van der Waals surface area contributed by atoms with Crippen molar-refractivity contribution in [1.29, 1.82) is 0 Å². The van der Waals surface area contributed by atoms with E-state index in [1.165, 1.54) is 11.8 Å². The van der Waals surface area contributed by atoms with Gasteiger partial charge in [-0.2, -0.15) is 5.10 Å². The van der Waals surface area contributed by atoms with Gasteiger partial charge >= 0.3 is 0 Å². The predicted octanol–water partition coefficient (Wildman–Crippen LogP) is 2.58. The fourth-order valence-electron chi connectivity index (χ4n) is 1.93. The van der Waals surface area contributed by atoms with E-state index in [1.807, 2.05) is 48.3 Å². The van der Waals surface area contributed by atoms with E-state index in [1.54, 1.807) is 6.20 Å². The normalized spacial score (nSPS) is 10.8. The molecule has 3 rings (SSSR count). The molecule has 2 heterocycles. The number of para-hydroxylation sites is 1. The largest absolute Gasteiger partial charge is 0.372 e. The molecule has 0 spiro atoms. The van der Waals surface area contributed by atoms with Gasteiger partial charge in [0.15, 0.2) is 10.8 Å². The molecule has 0 fully saturated rings. The van der Waals surface area contributed by atoms with Crippen LogP contribution in [0.3, 0.4) is 0 Å². The Labute approximate surface area is 115 Å². The Balaban J connectivity index is 2.27. The van der Waals surface area contributed by atoms with Crippen molar-refractivity contribution in [1.82, 2.24) is 19.7 Å². The predicted molar refractivity (Wildman–Crippen MR) is 78.0 cm³/mol. The smallest absolute Gasteiger partial charge is 0.191 e. The van der Waals surface area contributed by atoms with Crippen LogP contribution in [-0.2, 0) is 0 Å². The van der Waals surface area contributed by atoms with Crippen LogP contribution in [0.25, 0.3) is 16.7 Å². The maximum Gasteiger partial charge on any atom is 0.191 e. The van der Waals surface area contributed by atoms with Gasteiger partial charge in [0.25, 0.3) is 0 Å². The molecule has 2 aromatic heterocycles. The number of anilines is 1. The van der Waals surface area contributed by atoms with E-state index in [0.717, 1.165) is 27.7 Å². The van der Waals surface area contributed by atoms with Gasteiger partial charge in [0.2, 0.25) is 0 Å². The topological polar surface area (TPSA) is 55.6 Å². The van der Waals surface area contributed by atoms with Crippen LogP contribution < -0.4 is 5.32 Å². The number of thioether (sulfide) groups is 1. The maximum atomic E-state index is 4.55. The Bertz CT molecular complexity index is 708. The first-order chi connectivity index (χ1) is 9.33. The zero-order valence-corrected chi connectivity index (χ0v) is 11.5. The molecule has 0 saturated heterocycles. The summed E-state index contributed by atoms with van der Waals surface area (Å²) in [5.41, 5.74) is 1.81. The number of rotatable bonds is 3. The molecule has 96 valence electrons. The molecule has 0 atom stereocenters. The summed E-state index contributed by atoms with van der Waals surface area (Å²) in [6.45, 7) is 0.